The van der Waals surface area contributed by atoms with Gasteiger partial charge in [-0.1, -0.05) is 0 Å². The van der Waals surface area contributed by atoms with Crippen LogP contribution in [0.15, 0.2) is 24.7 Å². The highest BCUT2D eigenvalue weighted by atomic mass is 19.3. The summed E-state index contributed by atoms with van der Waals surface area (Å²) >= 11 is 0. The van der Waals surface area contributed by atoms with Gasteiger partial charge in [0, 0.05) is 19.3 Å². The van der Waals surface area contributed by atoms with Crippen LogP contribution in [0.2, 0.25) is 0 Å². The third-order valence-corrected chi connectivity index (χ3v) is 2.95. The van der Waals surface area contributed by atoms with Crippen molar-refractivity contribution in [3.63, 3.8) is 0 Å². The lowest BCUT2D eigenvalue weighted by molar-refractivity contribution is 0.0612. The Morgan fingerprint density at radius 2 is 2.06 bits per heavy atom. The van der Waals surface area contributed by atoms with Crippen molar-refractivity contribution in [3.05, 3.63) is 24.7 Å². The van der Waals surface area contributed by atoms with Crippen molar-refractivity contribution in [1.82, 2.24) is 15.0 Å². The highest BCUT2D eigenvalue weighted by Gasteiger charge is 2.35. The number of pyridine rings is 1. The molecule has 0 amide bonds. The lowest BCUT2D eigenvalue weighted by atomic mass is 10.0. The Labute approximate surface area is 96.3 Å². The summed E-state index contributed by atoms with van der Waals surface area (Å²) in [7, 11) is 0. The molecule has 0 bridgehead atoms. The molecule has 88 valence electrons. The van der Waals surface area contributed by atoms with E-state index in [2.05, 4.69) is 15.0 Å². The minimum Gasteiger partial charge on any atom is -0.355 e. The molecule has 0 aliphatic carbocycles. The molecule has 17 heavy (non-hydrogen) atoms. The highest BCUT2D eigenvalue weighted by molar-refractivity contribution is 5.86. The van der Waals surface area contributed by atoms with E-state index in [0.29, 0.717) is 24.6 Å². The van der Waals surface area contributed by atoms with E-state index in [-0.39, 0.29) is 0 Å². The topological polar surface area (TPSA) is 41.9 Å². The normalized spacial score (nSPS) is 16.5. The van der Waals surface area contributed by atoms with Crippen molar-refractivity contribution in [1.29, 1.82) is 0 Å². The van der Waals surface area contributed by atoms with Crippen LogP contribution in [0.25, 0.3) is 11.0 Å². The van der Waals surface area contributed by atoms with Crippen molar-refractivity contribution in [2.24, 2.45) is 5.92 Å². The zero-order valence-electron chi connectivity index (χ0n) is 8.92. The van der Waals surface area contributed by atoms with Crippen LogP contribution >= 0.6 is 0 Å². The van der Waals surface area contributed by atoms with Gasteiger partial charge in [0.25, 0.3) is 0 Å². The fraction of sp³-hybridized carbons (Fsp3) is 0.364. The lowest BCUT2D eigenvalue weighted by Crippen LogP contribution is -2.50. The van der Waals surface area contributed by atoms with E-state index in [1.54, 1.807) is 12.3 Å². The highest BCUT2D eigenvalue weighted by Crippen LogP contribution is 2.30. The molecule has 0 spiro atoms. The smallest absolute Gasteiger partial charge is 0.244 e. The third kappa shape index (κ3) is 1.69. The van der Waals surface area contributed by atoms with E-state index in [1.807, 2.05) is 11.0 Å². The Bertz CT molecular complexity index is 534. The van der Waals surface area contributed by atoms with E-state index in [9.17, 15) is 8.78 Å². The van der Waals surface area contributed by atoms with Crippen LogP contribution in [-0.4, -0.2) is 34.5 Å². The number of aromatic nitrogens is 3. The van der Waals surface area contributed by atoms with E-state index in [0.717, 1.165) is 5.39 Å². The molecule has 0 unspecified atom stereocenters. The molecule has 4 nitrogen and oxygen atoms in total. The Kier molecular flexibility index (Phi) is 2.35. The SMILES string of the molecule is FC(F)C1CN(c2ncnc3ncccc23)C1. The molecule has 0 atom stereocenters. The van der Waals surface area contributed by atoms with Crippen molar-refractivity contribution in [2.45, 2.75) is 6.43 Å². The lowest BCUT2D eigenvalue weighted by Gasteiger charge is -2.39. The zero-order valence-corrected chi connectivity index (χ0v) is 8.92. The fourth-order valence-electron chi connectivity index (χ4n) is 1.98. The van der Waals surface area contributed by atoms with Gasteiger partial charge in [0.2, 0.25) is 6.43 Å². The van der Waals surface area contributed by atoms with E-state index in [1.165, 1.54) is 6.33 Å². The van der Waals surface area contributed by atoms with Crippen molar-refractivity contribution < 1.29 is 8.78 Å². The van der Waals surface area contributed by atoms with E-state index >= 15 is 0 Å². The quantitative estimate of drug-likeness (QED) is 0.796. The second-order valence-corrected chi connectivity index (χ2v) is 4.07. The molecule has 1 aliphatic heterocycles. The fourth-order valence-corrected chi connectivity index (χ4v) is 1.98. The Morgan fingerprint density at radius 1 is 1.24 bits per heavy atom. The van der Waals surface area contributed by atoms with Gasteiger partial charge in [-0.3, -0.25) is 0 Å². The van der Waals surface area contributed by atoms with Crippen LogP contribution in [0.3, 0.4) is 0 Å². The average molecular weight is 236 g/mol. The van der Waals surface area contributed by atoms with Gasteiger partial charge in [-0.2, -0.15) is 0 Å². The van der Waals surface area contributed by atoms with Crippen molar-refractivity contribution in [2.75, 3.05) is 18.0 Å². The maximum atomic E-state index is 12.4. The third-order valence-electron chi connectivity index (χ3n) is 2.95. The molecule has 3 heterocycles. The maximum absolute atomic E-state index is 12.4. The van der Waals surface area contributed by atoms with Gasteiger partial charge in [0.1, 0.15) is 12.1 Å². The summed E-state index contributed by atoms with van der Waals surface area (Å²) in [4.78, 5) is 14.1. The molecule has 0 N–H and O–H groups in total. The van der Waals surface area contributed by atoms with Gasteiger partial charge in [-0.15, -0.1) is 0 Å². The maximum Gasteiger partial charge on any atom is 0.244 e. The van der Waals surface area contributed by atoms with Crippen LogP contribution < -0.4 is 4.90 Å². The minimum atomic E-state index is -2.25. The Balaban J connectivity index is 1.92. The zero-order chi connectivity index (χ0) is 11.8. The molecule has 1 aliphatic rings. The van der Waals surface area contributed by atoms with E-state index in [4.69, 9.17) is 0 Å². The van der Waals surface area contributed by atoms with Gasteiger partial charge in [0.05, 0.1) is 11.3 Å². The summed E-state index contributed by atoms with van der Waals surface area (Å²) in [6, 6.07) is 3.65. The first-order chi connectivity index (χ1) is 8.25. The van der Waals surface area contributed by atoms with E-state index < -0.39 is 12.3 Å². The summed E-state index contributed by atoms with van der Waals surface area (Å²) in [5.74, 6) is 0.150. The first kappa shape index (κ1) is 10.3. The predicted molar refractivity (Wildman–Crippen MR) is 59.0 cm³/mol. The summed E-state index contributed by atoms with van der Waals surface area (Å²) < 4.78 is 24.8. The summed E-state index contributed by atoms with van der Waals surface area (Å²) in [6.45, 7) is 0.692. The summed E-state index contributed by atoms with van der Waals surface area (Å²) in [5.41, 5.74) is 0.595. The largest absolute Gasteiger partial charge is 0.355 e. The molecular formula is C11H10F2N4. The predicted octanol–water partition coefficient (Wildman–Crippen LogP) is 1.73. The van der Waals surface area contributed by atoms with Crippen molar-refractivity contribution >= 4 is 16.9 Å². The number of anilines is 1. The molecule has 6 heteroatoms. The number of hydrogen-bond acceptors (Lipinski definition) is 4. The standard InChI is InChI=1S/C11H10F2N4/c12-9(13)7-4-17(5-7)11-8-2-1-3-14-10(8)15-6-16-11/h1-3,6-7,9H,4-5H2. The number of alkyl halides is 2. The Hall–Kier alpha value is -1.85. The van der Waals surface area contributed by atoms with Crippen LogP contribution in [0.4, 0.5) is 14.6 Å². The number of nitrogens with zero attached hydrogens (tertiary/aromatic N) is 4. The first-order valence-electron chi connectivity index (χ1n) is 5.34. The van der Waals surface area contributed by atoms with Crippen molar-refractivity contribution in [3.8, 4) is 0 Å². The van der Waals surface area contributed by atoms with Crippen LogP contribution in [0, 0.1) is 5.92 Å². The summed E-state index contributed by atoms with van der Waals surface area (Å²) in [5, 5.41) is 0.808. The molecule has 0 saturated carbocycles. The number of fused-ring (bicyclic) bond motifs is 1. The summed E-state index contributed by atoms with van der Waals surface area (Å²) in [6.07, 6.45) is 0.815. The molecule has 0 radical (unpaired) electrons. The molecule has 1 saturated heterocycles. The van der Waals surface area contributed by atoms with Gasteiger partial charge in [-0.05, 0) is 12.1 Å². The molecular weight excluding hydrogens is 226 g/mol. The molecule has 2 aromatic rings. The minimum absolute atomic E-state index is 0.346. The van der Waals surface area contributed by atoms with Gasteiger partial charge >= 0.3 is 0 Å². The van der Waals surface area contributed by atoms with Crippen LogP contribution in [0.5, 0.6) is 0 Å². The second-order valence-electron chi connectivity index (χ2n) is 4.07. The number of hydrogen-bond donors (Lipinski definition) is 0. The average Bonchev–Trinajstić information content (AvgIpc) is 2.27. The van der Waals surface area contributed by atoms with Gasteiger partial charge in [0.15, 0.2) is 5.65 Å². The van der Waals surface area contributed by atoms with Gasteiger partial charge < -0.3 is 4.90 Å². The molecule has 2 aromatic heterocycles. The van der Waals surface area contributed by atoms with Crippen LogP contribution in [-0.2, 0) is 0 Å². The van der Waals surface area contributed by atoms with Gasteiger partial charge in [-0.25, -0.2) is 23.7 Å². The molecule has 1 fully saturated rings. The number of halogens is 2. The van der Waals surface area contributed by atoms with Crippen LogP contribution in [0.1, 0.15) is 0 Å². The first-order valence-corrected chi connectivity index (χ1v) is 5.34. The second kappa shape index (κ2) is 3.87. The number of rotatable bonds is 2. The Morgan fingerprint density at radius 3 is 2.82 bits per heavy atom. The molecule has 3 rings (SSSR count). The molecule has 0 aromatic carbocycles. The monoisotopic (exact) mass is 236 g/mol.